The fourth-order valence-electron chi connectivity index (χ4n) is 4.20. The van der Waals surface area contributed by atoms with Crippen LogP contribution in [0, 0.1) is 6.92 Å². The minimum absolute atomic E-state index is 0.106. The fourth-order valence-corrected chi connectivity index (χ4v) is 4.60. The van der Waals surface area contributed by atoms with E-state index in [2.05, 4.69) is 69.2 Å². The topological polar surface area (TPSA) is 35.6 Å². The van der Waals surface area contributed by atoms with E-state index in [1.807, 2.05) is 18.2 Å². The maximum Gasteiger partial charge on any atom is 0.235 e. The molecule has 2 aromatic rings. The first-order valence-electron chi connectivity index (χ1n) is 10.2. The first-order valence-corrected chi connectivity index (χ1v) is 11.0. The number of benzene rings is 2. The van der Waals surface area contributed by atoms with Crippen LogP contribution in [0.4, 0.5) is 11.4 Å². The summed E-state index contributed by atoms with van der Waals surface area (Å²) in [6.45, 7) is 9.83. The lowest BCUT2D eigenvalue weighted by Crippen LogP contribution is -2.46. The van der Waals surface area contributed by atoms with Crippen molar-refractivity contribution in [2.75, 3.05) is 42.9 Å². The number of amides is 1. The van der Waals surface area contributed by atoms with Crippen molar-refractivity contribution in [2.24, 2.45) is 0 Å². The number of piperazine rings is 1. The van der Waals surface area contributed by atoms with Gasteiger partial charge in [-0.05, 0) is 67.8 Å². The Labute approximate surface area is 176 Å². The van der Waals surface area contributed by atoms with Gasteiger partial charge in [-0.1, -0.05) is 35.0 Å². The van der Waals surface area contributed by atoms with Crippen molar-refractivity contribution in [3.63, 3.8) is 0 Å². The molecule has 1 amide bonds. The van der Waals surface area contributed by atoms with E-state index in [0.29, 0.717) is 0 Å². The van der Waals surface area contributed by atoms with Gasteiger partial charge in [-0.2, -0.15) is 0 Å². The van der Waals surface area contributed by atoms with Crippen molar-refractivity contribution in [2.45, 2.75) is 32.1 Å². The molecule has 1 heterocycles. The van der Waals surface area contributed by atoms with Crippen LogP contribution >= 0.6 is 15.9 Å². The maximum atomic E-state index is 13.0. The summed E-state index contributed by atoms with van der Waals surface area (Å²) in [4.78, 5) is 18.0. The Kier molecular flexibility index (Phi) is 5.48. The molecule has 4 rings (SSSR count). The molecule has 0 bridgehead atoms. The third-order valence-electron chi connectivity index (χ3n) is 6.18. The van der Waals surface area contributed by atoms with Gasteiger partial charge in [-0.3, -0.25) is 4.79 Å². The van der Waals surface area contributed by atoms with Crippen LogP contribution in [-0.2, 0) is 10.2 Å². The van der Waals surface area contributed by atoms with Crippen LogP contribution in [0.15, 0.2) is 46.9 Å². The van der Waals surface area contributed by atoms with E-state index in [1.165, 1.54) is 11.3 Å². The zero-order valence-corrected chi connectivity index (χ0v) is 18.3. The minimum Gasteiger partial charge on any atom is -0.369 e. The predicted octanol–water partition coefficient (Wildman–Crippen LogP) is 4.57. The Bertz CT molecular complexity index is 870. The van der Waals surface area contributed by atoms with Crippen molar-refractivity contribution < 1.29 is 4.79 Å². The molecule has 5 heteroatoms. The predicted molar refractivity (Wildman–Crippen MR) is 119 cm³/mol. The Balaban J connectivity index is 1.46. The van der Waals surface area contributed by atoms with Gasteiger partial charge >= 0.3 is 0 Å². The Morgan fingerprint density at radius 1 is 1.11 bits per heavy atom. The number of carbonyl (C=O) groups excluding carboxylic acids is 1. The number of hydrogen-bond donors (Lipinski definition) is 1. The fraction of sp³-hybridized carbons (Fsp3) is 0.435. The van der Waals surface area contributed by atoms with Gasteiger partial charge in [0.25, 0.3) is 0 Å². The molecule has 0 radical (unpaired) electrons. The third kappa shape index (κ3) is 3.83. The largest absolute Gasteiger partial charge is 0.369 e. The first-order chi connectivity index (χ1) is 13.5. The van der Waals surface area contributed by atoms with Gasteiger partial charge in [0.2, 0.25) is 5.91 Å². The van der Waals surface area contributed by atoms with Gasteiger partial charge in [0.15, 0.2) is 0 Å². The summed E-state index contributed by atoms with van der Waals surface area (Å²) < 4.78 is 1.02. The monoisotopic (exact) mass is 441 g/mol. The Morgan fingerprint density at radius 3 is 2.46 bits per heavy atom. The van der Waals surface area contributed by atoms with Crippen molar-refractivity contribution in [1.29, 1.82) is 0 Å². The van der Waals surface area contributed by atoms with E-state index < -0.39 is 0 Å². The van der Waals surface area contributed by atoms with Gasteiger partial charge < -0.3 is 15.1 Å². The van der Waals surface area contributed by atoms with Crippen LogP contribution < -0.4 is 10.2 Å². The molecule has 1 aliphatic heterocycles. The number of rotatable bonds is 5. The maximum absolute atomic E-state index is 13.0. The molecule has 0 unspecified atom stereocenters. The van der Waals surface area contributed by atoms with E-state index in [1.54, 1.807) is 0 Å². The Morgan fingerprint density at radius 2 is 1.86 bits per heavy atom. The molecule has 1 aliphatic carbocycles. The van der Waals surface area contributed by atoms with E-state index in [0.717, 1.165) is 61.3 Å². The molecule has 4 nitrogen and oxygen atoms in total. The number of likely N-dealkylation sites (N-methyl/N-ethyl adjacent to an activating group) is 1. The summed E-state index contributed by atoms with van der Waals surface area (Å²) in [5.74, 6) is 0.106. The highest BCUT2D eigenvalue weighted by molar-refractivity contribution is 9.10. The van der Waals surface area contributed by atoms with Crippen molar-refractivity contribution in [1.82, 2.24) is 4.90 Å². The zero-order chi connectivity index (χ0) is 19.7. The van der Waals surface area contributed by atoms with Crippen LogP contribution in [-0.4, -0.2) is 43.5 Å². The lowest BCUT2D eigenvalue weighted by atomic mass is 9.95. The molecule has 2 fully saturated rings. The smallest absolute Gasteiger partial charge is 0.235 e. The van der Waals surface area contributed by atoms with Gasteiger partial charge in [-0.25, -0.2) is 0 Å². The highest BCUT2D eigenvalue weighted by Gasteiger charge is 2.51. The average molecular weight is 442 g/mol. The summed E-state index contributed by atoms with van der Waals surface area (Å²) in [6.07, 6.45) is 1.82. The van der Waals surface area contributed by atoms with Crippen LogP contribution in [0.5, 0.6) is 0 Å². The lowest BCUT2D eigenvalue weighted by molar-refractivity contribution is -0.118. The number of halogens is 1. The van der Waals surface area contributed by atoms with E-state index in [-0.39, 0.29) is 11.3 Å². The highest BCUT2D eigenvalue weighted by atomic mass is 79.9. The quantitative estimate of drug-likeness (QED) is 0.737. The number of hydrogen-bond acceptors (Lipinski definition) is 3. The molecule has 1 saturated heterocycles. The van der Waals surface area contributed by atoms with E-state index >= 15 is 0 Å². The molecular weight excluding hydrogens is 414 g/mol. The molecule has 2 aromatic carbocycles. The molecule has 1 saturated carbocycles. The number of nitrogens with zero attached hydrogens (tertiary/aromatic N) is 2. The third-order valence-corrected chi connectivity index (χ3v) is 6.67. The molecule has 0 aromatic heterocycles. The lowest BCUT2D eigenvalue weighted by Gasteiger charge is -2.36. The van der Waals surface area contributed by atoms with E-state index in [4.69, 9.17) is 0 Å². The SMILES string of the molecule is CCN1CCN(c2ccc(NC(=O)C3(c4cccc(Br)c4)CC3)cc2C)CC1. The average Bonchev–Trinajstić information content (AvgIpc) is 3.50. The number of nitrogens with one attached hydrogen (secondary N) is 1. The van der Waals surface area contributed by atoms with Gasteiger partial charge in [0, 0.05) is 42.0 Å². The standard InChI is InChI=1S/C23H28BrN3O/c1-3-26-11-13-27(14-12-26)21-8-7-20(15-17(21)2)25-22(28)23(9-10-23)18-5-4-6-19(24)16-18/h4-8,15-16H,3,9-14H2,1-2H3,(H,25,28). The van der Waals surface area contributed by atoms with Crippen molar-refractivity contribution in [3.8, 4) is 0 Å². The number of aryl methyl sites for hydroxylation is 1. The number of carbonyl (C=O) groups is 1. The molecule has 28 heavy (non-hydrogen) atoms. The second-order valence-electron chi connectivity index (χ2n) is 7.97. The normalized spacial score (nSPS) is 18.8. The molecule has 0 atom stereocenters. The summed E-state index contributed by atoms with van der Waals surface area (Å²) >= 11 is 3.52. The van der Waals surface area contributed by atoms with Gasteiger partial charge in [0.05, 0.1) is 5.41 Å². The second kappa shape index (κ2) is 7.88. The zero-order valence-electron chi connectivity index (χ0n) is 16.7. The minimum atomic E-state index is -0.368. The van der Waals surface area contributed by atoms with Gasteiger partial charge in [0.1, 0.15) is 0 Å². The molecular formula is C23H28BrN3O. The Hall–Kier alpha value is -1.85. The van der Waals surface area contributed by atoms with Crippen molar-refractivity contribution in [3.05, 3.63) is 58.1 Å². The number of anilines is 2. The summed E-state index contributed by atoms with van der Waals surface area (Å²) in [7, 11) is 0. The van der Waals surface area contributed by atoms with E-state index in [9.17, 15) is 4.79 Å². The first kappa shape index (κ1) is 19.5. The highest BCUT2D eigenvalue weighted by Crippen LogP contribution is 2.49. The van der Waals surface area contributed by atoms with Crippen LogP contribution in [0.25, 0.3) is 0 Å². The molecule has 1 N–H and O–H groups in total. The molecule has 2 aliphatic rings. The second-order valence-corrected chi connectivity index (χ2v) is 8.88. The summed E-state index contributed by atoms with van der Waals surface area (Å²) in [5, 5.41) is 3.17. The molecule has 0 spiro atoms. The molecule has 148 valence electrons. The van der Waals surface area contributed by atoms with Gasteiger partial charge in [-0.15, -0.1) is 0 Å². The van der Waals surface area contributed by atoms with Crippen LogP contribution in [0.3, 0.4) is 0 Å². The summed E-state index contributed by atoms with van der Waals surface area (Å²) in [5.41, 5.74) is 4.12. The van der Waals surface area contributed by atoms with Crippen LogP contribution in [0.1, 0.15) is 30.9 Å². The summed E-state index contributed by atoms with van der Waals surface area (Å²) in [6, 6.07) is 14.4. The van der Waals surface area contributed by atoms with Crippen molar-refractivity contribution >= 4 is 33.2 Å². The van der Waals surface area contributed by atoms with Crippen LogP contribution in [0.2, 0.25) is 0 Å².